The molecule has 2 fully saturated rings. The summed E-state index contributed by atoms with van der Waals surface area (Å²) in [5.74, 6) is -1.82. The molecule has 2 atom stereocenters. The van der Waals surface area contributed by atoms with Crippen molar-refractivity contribution in [2.24, 2.45) is 5.92 Å². The van der Waals surface area contributed by atoms with Gasteiger partial charge in [0.25, 0.3) is 17.7 Å². The van der Waals surface area contributed by atoms with Gasteiger partial charge in [0, 0.05) is 34.7 Å². The smallest absolute Gasteiger partial charge is 0.305 e. The third-order valence-electron chi connectivity index (χ3n) is 7.28. The van der Waals surface area contributed by atoms with E-state index in [9.17, 15) is 24.3 Å². The number of carboxylic acids is 1. The van der Waals surface area contributed by atoms with Crippen molar-refractivity contribution in [1.82, 2.24) is 15.1 Å². The molecule has 1 saturated heterocycles. The predicted octanol–water partition coefficient (Wildman–Crippen LogP) is 3.92. The van der Waals surface area contributed by atoms with E-state index in [1.807, 2.05) is 0 Å². The van der Waals surface area contributed by atoms with Gasteiger partial charge in [0.1, 0.15) is 5.75 Å². The topological polar surface area (TPSA) is 116 Å². The Morgan fingerprint density at radius 2 is 1.61 bits per heavy atom. The average molecular weight is 586 g/mol. The lowest BCUT2D eigenvalue weighted by molar-refractivity contribution is -0.138. The van der Waals surface area contributed by atoms with E-state index >= 15 is 0 Å². The van der Waals surface area contributed by atoms with Crippen LogP contribution in [0.15, 0.2) is 53.0 Å². The van der Waals surface area contributed by atoms with E-state index in [2.05, 4.69) is 21.2 Å². The summed E-state index contributed by atoms with van der Waals surface area (Å²) >= 11 is 3.36. The van der Waals surface area contributed by atoms with Gasteiger partial charge in [-0.15, -0.1) is 0 Å². The maximum absolute atomic E-state index is 13.8. The van der Waals surface area contributed by atoms with Crippen LogP contribution in [0.4, 0.5) is 0 Å². The van der Waals surface area contributed by atoms with Gasteiger partial charge in [-0.25, -0.2) is 0 Å². The summed E-state index contributed by atoms with van der Waals surface area (Å²) in [6.07, 6.45) is 3.28. The number of amides is 3. The van der Waals surface area contributed by atoms with Crippen LogP contribution >= 0.6 is 15.9 Å². The first-order valence-corrected chi connectivity index (χ1v) is 13.6. The van der Waals surface area contributed by atoms with Crippen LogP contribution in [-0.4, -0.2) is 71.0 Å². The van der Waals surface area contributed by atoms with Crippen molar-refractivity contribution < 1.29 is 29.0 Å². The third kappa shape index (κ3) is 6.35. The van der Waals surface area contributed by atoms with Gasteiger partial charge in [0.15, 0.2) is 6.17 Å². The fraction of sp³-hybridized carbons (Fsp3) is 0.429. The molecule has 2 aromatic carbocycles. The van der Waals surface area contributed by atoms with Gasteiger partial charge in [-0.1, -0.05) is 41.3 Å². The minimum Gasteiger partial charge on any atom is -0.497 e. The summed E-state index contributed by atoms with van der Waals surface area (Å²) in [7, 11) is 1.50. The quantitative estimate of drug-likeness (QED) is 0.485. The van der Waals surface area contributed by atoms with Gasteiger partial charge in [0.2, 0.25) is 0 Å². The number of hydrogen-bond donors (Lipinski definition) is 2. The van der Waals surface area contributed by atoms with Crippen LogP contribution in [0.3, 0.4) is 0 Å². The fourth-order valence-electron chi connectivity index (χ4n) is 5.33. The standard InChI is InChI=1S/C28H32BrN3O6/c1-38-22-9-5-8-20(16-22)28(37)32-15-14-31(27(36)19-10-12-21(29)13-11-19)26(32)25(35)30-23(17-24(33)34)18-6-3-2-4-7-18/h5,8-13,16,18,23,26H,2-4,6-7,14-15,17H2,1H3,(H,30,35)(H,33,34). The van der Waals surface area contributed by atoms with Gasteiger partial charge in [0.05, 0.1) is 13.5 Å². The maximum atomic E-state index is 13.8. The van der Waals surface area contributed by atoms with Crippen molar-refractivity contribution in [3.63, 3.8) is 0 Å². The molecule has 10 heteroatoms. The Bertz CT molecular complexity index is 1180. The first-order valence-electron chi connectivity index (χ1n) is 12.8. The fourth-order valence-corrected chi connectivity index (χ4v) is 5.60. The molecule has 4 rings (SSSR count). The normalized spacial score (nSPS) is 18.6. The molecule has 202 valence electrons. The first kappa shape index (κ1) is 27.6. The largest absolute Gasteiger partial charge is 0.497 e. The number of rotatable bonds is 8. The highest BCUT2D eigenvalue weighted by molar-refractivity contribution is 9.10. The average Bonchev–Trinajstić information content (AvgIpc) is 3.38. The number of carboxylic acid groups (broad SMARTS) is 1. The van der Waals surface area contributed by atoms with Gasteiger partial charge >= 0.3 is 5.97 Å². The second-order valence-corrected chi connectivity index (χ2v) is 10.6. The van der Waals surface area contributed by atoms with Crippen LogP contribution in [0, 0.1) is 5.92 Å². The lowest BCUT2D eigenvalue weighted by Gasteiger charge is -2.34. The number of halogens is 1. The first-order chi connectivity index (χ1) is 18.3. The summed E-state index contributed by atoms with van der Waals surface area (Å²) in [4.78, 5) is 55.4. The molecule has 9 nitrogen and oxygen atoms in total. The monoisotopic (exact) mass is 585 g/mol. The maximum Gasteiger partial charge on any atom is 0.305 e. The van der Waals surface area contributed by atoms with Crippen molar-refractivity contribution in [3.8, 4) is 5.75 Å². The van der Waals surface area contributed by atoms with Crippen LogP contribution in [-0.2, 0) is 9.59 Å². The van der Waals surface area contributed by atoms with Gasteiger partial charge in [-0.2, -0.15) is 0 Å². The predicted molar refractivity (Wildman–Crippen MR) is 144 cm³/mol. The zero-order valence-corrected chi connectivity index (χ0v) is 22.9. The molecular formula is C28H32BrN3O6. The summed E-state index contributed by atoms with van der Waals surface area (Å²) < 4.78 is 6.06. The number of aliphatic carboxylic acids is 1. The molecule has 0 bridgehead atoms. The number of carbonyl (C=O) groups excluding carboxylic acids is 3. The van der Waals surface area contributed by atoms with E-state index in [0.29, 0.717) is 16.9 Å². The number of nitrogens with one attached hydrogen (secondary N) is 1. The Hall–Kier alpha value is -3.40. The molecule has 1 aliphatic heterocycles. The van der Waals surface area contributed by atoms with Crippen LogP contribution in [0.2, 0.25) is 0 Å². The zero-order chi connectivity index (χ0) is 27.2. The third-order valence-corrected chi connectivity index (χ3v) is 7.81. The highest BCUT2D eigenvalue weighted by atomic mass is 79.9. The van der Waals surface area contributed by atoms with Crippen molar-refractivity contribution in [3.05, 3.63) is 64.1 Å². The van der Waals surface area contributed by atoms with Gasteiger partial charge in [-0.3, -0.25) is 19.2 Å². The van der Waals surface area contributed by atoms with Crippen LogP contribution < -0.4 is 10.1 Å². The van der Waals surface area contributed by atoms with Crippen LogP contribution in [0.5, 0.6) is 5.75 Å². The summed E-state index contributed by atoms with van der Waals surface area (Å²) in [6.45, 7) is 0.319. The van der Waals surface area contributed by atoms with Crippen LogP contribution in [0.25, 0.3) is 0 Å². The molecular weight excluding hydrogens is 554 g/mol. The van der Waals surface area contributed by atoms with Crippen molar-refractivity contribution in [1.29, 1.82) is 0 Å². The number of nitrogens with zero attached hydrogens (tertiary/aromatic N) is 2. The minimum absolute atomic E-state index is 0.0309. The van der Waals surface area contributed by atoms with E-state index in [0.717, 1.165) is 36.6 Å². The second-order valence-electron chi connectivity index (χ2n) is 9.72. The minimum atomic E-state index is -1.22. The SMILES string of the molecule is COc1cccc(C(=O)N2CCN(C(=O)c3ccc(Br)cc3)C2C(=O)NC(CC(=O)O)C2CCCCC2)c1. The lowest BCUT2D eigenvalue weighted by atomic mass is 9.82. The van der Waals surface area contributed by atoms with Crippen molar-refractivity contribution in [2.45, 2.75) is 50.7 Å². The molecule has 1 aliphatic carbocycles. The van der Waals surface area contributed by atoms with E-state index in [1.165, 1.54) is 16.9 Å². The molecule has 1 saturated carbocycles. The number of ether oxygens (including phenoxy) is 1. The molecule has 2 aromatic rings. The molecule has 0 spiro atoms. The van der Waals surface area contributed by atoms with Crippen molar-refractivity contribution >= 4 is 39.6 Å². The zero-order valence-electron chi connectivity index (χ0n) is 21.3. The molecule has 0 radical (unpaired) electrons. The van der Waals surface area contributed by atoms with Crippen LogP contribution in [0.1, 0.15) is 59.2 Å². The van der Waals surface area contributed by atoms with Gasteiger partial charge in [-0.05, 0) is 61.2 Å². The Balaban J connectivity index is 1.64. The lowest BCUT2D eigenvalue weighted by Crippen LogP contribution is -2.56. The molecule has 2 aliphatic rings. The van der Waals surface area contributed by atoms with E-state index in [-0.39, 0.29) is 31.3 Å². The van der Waals surface area contributed by atoms with E-state index < -0.39 is 30.0 Å². The Kier molecular flexibility index (Phi) is 9.04. The Labute approximate surface area is 230 Å². The highest BCUT2D eigenvalue weighted by Gasteiger charge is 2.44. The molecule has 2 N–H and O–H groups in total. The molecule has 3 amide bonds. The van der Waals surface area contributed by atoms with Crippen molar-refractivity contribution in [2.75, 3.05) is 20.2 Å². The number of benzene rings is 2. The molecule has 1 heterocycles. The number of methoxy groups -OCH3 is 1. The Morgan fingerprint density at radius 1 is 0.974 bits per heavy atom. The molecule has 2 unspecified atom stereocenters. The number of carbonyl (C=O) groups is 4. The molecule has 0 aromatic heterocycles. The second kappa shape index (κ2) is 12.4. The highest BCUT2D eigenvalue weighted by Crippen LogP contribution is 2.29. The van der Waals surface area contributed by atoms with E-state index in [1.54, 1.807) is 48.5 Å². The summed E-state index contributed by atoms with van der Waals surface area (Å²) in [6, 6.07) is 12.8. The Morgan fingerprint density at radius 3 is 2.21 bits per heavy atom. The summed E-state index contributed by atoms with van der Waals surface area (Å²) in [5.41, 5.74) is 0.713. The number of hydrogen-bond acceptors (Lipinski definition) is 5. The van der Waals surface area contributed by atoms with E-state index in [4.69, 9.17) is 4.74 Å². The summed E-state index contributed by atoms with van der Waals surface area (Å²) in [5, 5.41) is 12.5. The molecule has 38 heavy (non-hydrogen) atoms. The van der Waals surface area contributed by atoms with Gasteiger partial charge < -0.3 is 25.0 Å².